The Balaban J connectivity index is 1.79. The molecule has 0 saturated carbocycles. The quantitative estimate of drug-likeness (QED) is 0.706. The van der Waals surface area contributed by atoms with Crippen molar-refractivity contribution in [3.63, 3.8) is 0 Å². The van der Waals surface area contributed by atoms with Crippen molar-refractivity contribution in [2.24, 2.45) is 0 Å². The number of benzene rings is 2. The van der Waals surface area contributed by atoms with Crippen LogP contribution in [0.3, 0.4) is 0 Å². The highest BCUT2D eigenvalue weighted by molar-refractivity contribution is 9.10. The Kier molecular flexibility index (Phi) is 4.62. The number of hydrogen-bond donors (Lipinski definition) is 1. The number of thiocarbonyl (C=S) groups is 1. The van der Waals surface area contributed by atoms with Crippen LogP contribution in [0, 0.1) is 0 Å². The number of amides is 1. The number of carbonyl (C=O) groups is 1. The zero-order chi connectivity index (χ0) is 20.1. The van der Waals surface area contributed by atoms with E-state index < -0.39 is 11.1 Å². The first-order valence-corrected chi connectivity index (χ1v) is 10.2. The maximum Gasteiger partial charge on any atom is 0.259 e. The predicted octanol–water partition coefficient (Wildman–Crippen LogP) is 3.78. The number of carbonyl (C=O) groups excluding carboxylic acids is 1. The third-order valence-corrected chi connectivity index (χ3v) is 6.27. The minimum absolute atomic E-state index is 0.0583. The molecule has 5 nitrogen and oxygen atoms in total. The van der Waals surface area contributed by atoms with E-state index in [1.54, 1.807) is 14.2 Å². The van der Waals surface area contributed by atoms with Gasteiger partial charge in [-0.15, -0.1) is 0 Å². The molecule has 2 atom stereocenters. The summed E-state index contributed by atoms with van der Waals surface area (Å²) in [5.41, 5.74) is 0.355. The Labute approximate surface area is 178 Å². The Hall–Kier alpha value is -2.12. The molecule has 2 heterocycles. The van der Waals surface area contributed by atoms with Gasteiger partial charge in [-0.25, -0.2) is 0 Å². The highest BCUT2D eigenvalue weighted by atomic mass is 79.9. The zero-order valence-corrected chi connectivity index (χ0v) is 18.3. The molecule has 0 aromatic heterocycles. The molecule has 1 saturated heterocycles. The average Bonchev–Trinajstić information content (AvgIpc) is 2.86. The van der Waals surface area contributed by atoms with Crippen LogP contribution in [0.4, 0.5) is 0 Å². The molecule has 1 fully saturated rings. The summed E-state index contributed by atoms with van der Waals surface area (Å²) >= 11 is 8.91. The van der Waals surface area contributed by atoms with Crippen LogP contribution in [0.2, 0.25) is 0 Å². The van der Waals surface area contributed by atoms with Gasteiger partial charge in [0.1, 0.15) is 17.1 Å². The minimum Gasteiger partial charge on any atom is -0.497 e. The molecule has 7 heteroatoms. The van der Waals surface area contributed by atoms with Gasteiger partial charge in [-0.2, -0.15) is 0 Å². The Morgan fingerprint density at radius 1 is 1.32 bits per heavy atom. The number of fused-ring (bicyclic) bond motifs is 2. The van der Waals surface area contributed by atoms with Crippen LogP contribution in [-0.2, 0) is 16.8 Å². The highest BCUT2D eigenvalue weighted by Gasteiger charge is 2.57. The van der Waals surface area contributed by atoms with Gasteiger partial charge >= 0.3 is 0 Å². The molecular formula is C21H21BrN2O3S. The van der Waals surface area contributed by atoms with Gasteiger partial charge in [0.25, 0.3) is 5.91 Å². The molecule has 0 bridgehead atoms. The van der Waals surface area contributed by atoms with E-state index in [0.717, 1.165) is 21.3 Å². The second-order valence-electron chi connectivity index (χ2n) is 7.60. The van der Waals surface area contributed by atoms with Crippen molar-refractivity contribution in [3.05, 3.63) is 58.1 Å². The molecule has 2 unspecified atom stereocenters. The maximum atomic E-state index is 13.3. The highest BCUT2D eigenvalue weighted by Crippen LogP contribution is 2.48. The summed E-state index contributed by atoms with van der Waals surface area (Å²) in [5.74, 6) is 1.43. The van der Waals surface area contributed by atoms with Crippen molar-refractivity contribution in [2.45, 2.75) is 30.9 Å². The summed E-state index contributed by atoms with van der Waals surface area (Å²) in [6.07, 6.45) is 1.09. The summed E-state index contributed by atoms with van der Waals surface area (Å²) in [5, 5.41) is 3.73. The number of methoxy groups -OCH3 is 1. The van der Waals surface area contributed by atoms with E-state index in [1.807, 2.05) is 49.4 Å². The van der Waals surface area contributed by atoms with Crippen molar-refractivity contribution in [1.29, 1.82) is 0 Å². The largest absolute Gasteiger partial charge is 0.497 e. The van der Waals surface area contributed by atoms with Gasteiger partial charge in [0.2, 0.25) is 0 Å². The molecule has 146 valence electrons. The number of ether oxygens (including phenoxy) is 2. The molecule has 2 aliphatic heterocycles. The summed E-state index contributed by atoms with van der Waals surface area (Å²) in [4.78, 5) is 14.8. The smallest absolute Gasteiger partial charge is 0.259 e. The average molecular weight is 461 g/mol. The monoisotopic (exact) mass is 460 g/mol. The summed E-state index contributed by atoms with van der Waals surface area (Å²) in [7, 11) is 3.36. The molecule has 1 amide bonds. The van der Waals surface area contributed by atoms with Crippen molar-refractivity contribution >= 4 is 39.2 Å². The van der Waals surface area contributed by atoms with Gasteiger partial charge < -0.3 is 14.8 Å². The number of likely N-dealkylation sites (N-methyl/N-ethyl adjacent to an activating group) is 1. The van der Waals surface area contributed by atoms with Crippen LogP contribution in [0.5, 0.6) is 11.5 Å². The zero-order valence-electron chi connectivity index (χ0n) is 15.9. The topological polar surface area (TPSA) is 50.8 Å². The van der Waals surface area contributed by atoms with Gasteiger partial charge in [0.05, 0.1) is 7.11 Å². The number of halogens is 1. The van der Waals surface area contributed by atoms with Crippen LogP contribution in [0.1, 0.15) is 24.5 Å². The SMILES string of the molecule is COc1cccc(CC2(C)CC3(NC(=S)N(C)C3=O)c3cc(Br)ccc3O2)c1. The second kappa shape index (κ2) is 6.74. The molecule has 0 aliphatic carbocycles. The molecule has 2 aliphatic rings. The van der Waals surface area contributed by atoms with Crippen LogP contribution in [0.15, 0.2) is 46.9 Å². The number of hydrogen-bond acceptors (Lipinski definition) is 4. The van der Waals surface area contributed by atoms with Crippen LogP contribution < -0.4 is 14.8 Å². The Bertz CT molecular complexity index is 982. The van der Waals surface area contributed by atoms with Crippen molar-refractivity contribution in [2.75, 3.05) is 14.2 Å². The predicted molar refractivity (Wildman–Crippen MR) is 115 cm³/mol. The molecule has 4 rings (SSSR count). The van der Waals surface area contributed by atoms with E-state index in [1.165, 1.54) is 4.90 Å². The molecule has 28 heavy (non-hydrogen) atoms. The van der Waals surface area contributed by atoms with Crippen molar-refractivity contribution < 1.29 is 14.3 Å². The van der Waals surface area contributed by atoms with Gasteiger partial charge in [-0.05, 0) is 55.0 Å². The number of rotatable bonds is 3. The van der Waals surface area contributed by atoms with E-state index in [9.17, 15) is 4.79 Å². The lowest BCUT2D eigenvalue weighted by atomic mass is 9.75. The lowest BCUT2D eigenvalue weighted by molar-refractivity contribution is -0.134. The third kappa shape index (κ3) is 3.06. The fourth-order valence-corrected chi connectivity index (χ4v) is 4.81. The minimum atomic E-state index is -0.934. The van der Waals surface area contributed by atoms with Crippen LogP contribution in [0.25, 0.3) is 0 Å². The lowest BCUT2D eigenvalue weighted by Crippen LogP contribution is -2.55. The van der Waals surface area contributed by atoms with Gasteiger partial charge in [-0.1, -0.05) is 28.1 Å². The normalized spacial score (nSPS) is 26.1. The summed E-state index contributed by atoms with van der Waals surface area (Å²) in [6, 6.07) is 13.7. The van der Waals surface area contributed by atoms with Gasteiger partial charge in [0, 0.05) is 29.9 Å². The van der Waals surface area contributed by atoms with Gasteiger partial charge in [-0.3, -0.25) is 9.69 Å². The summed E-state index contributed by atoms with van der Waals surface area (Å²) < 4.78 is 12.7. The molecule has 1 N–H and O–H groups in total. The first-order chi connectivity index (χ1) is 13.3. The lowest BCUT2D eigenvalue weighted by Gasteiger charge is -2.44. The first kappa shape index (κ1) is 19.2. The third-order valence-electron chi connectivity index (χ3n) is 5.40. The van der Waals surface area contributed by atoms with Crippen molar-refractivity contribution in [3.8, 4) is 11.5 Å². The molecule has 1 spiro atoms. The molecule has 0 radical (unpaired) electrons. The fraction of sp³-hybridized carbons (Fsp3) is 0.333. The van der Waals surface area contributed by atoms with E-state index in [-0.39, 0.29) is 5.91 Å². The van der Waals surface area contributed by atoms with E-state index >= 15 is 0 Å². The number of nitrogens with one attached hydrogen (secondary N) is 1. The molecule has 2 aromatic rings. The Morgan fingerprint density at radius 3 is 2.79 bits per heavy atom. The first-order valence-electron chi connectivity index (χ1n) is 8.99. The van der Waals surface area contributed by atoms with E-state index in [4.69, 9.17) is 21.7 Å². The number of nitrogens with zero attached hydrogens (tertiary/aromatic N) is 1. The fourth-order valence-electron chi connectivity index (χ4n) is 4.20. The van der Waals surface area contributed by atoms with E-state index in [0.29, 0.717) is 23.7 Å². The molecular weight excluding hydrogens is 440 g/mol. The van der Waals surface area contributed by atoms with Gasteiger partial charge in [0.15, 0.2) is 10.7 Å². The summed E-state index contributed by atoms with van der Waals surface area (Å²) in [6.45, 7) is 2.04. The van der Waals surface area contributed by atoms with Crippen LogP contribution in [-0.4, -0.2) is 35.7 Å². The second-order valence-corrected chi connectivity index (χ2v) is 8.90. The van der Waals surface area contributed by atoms with Crippen molar-refractivity contribution in [1.82, 2.24) is 10.2 Å². The standard InChI is InChI=1S/C21H21BrN2O3S/c1-20(11-13-5-4-6-15(9-13)26-3)12-21(18(25)24(2)19(28)23-21)16-10-14(22)7-8-17(16)27-20/h4-10H,11-12H2,1-3H3,(H,23,28). The Morgan fingerprint density at radius 2 is 2.11 bits per heavy atom. The van der Waals surface area contributed by atoms with E-state index in [2.05, 4.69) is 21.2 Å². The van der Waals surface area contributed by atoms with Crippen LogP contribution >= 0.6 is 28.1 Å². The maximum absolute atomic E-state index is 13.3. The molecule has 2 aromatic carbocycles.